The van der Waals surface area contributed by atoms with E-state index < -0.39 is 0 Å². The van der Waals surface area contributed by atoms with Crippen LogP contribution >= 0.6 is 11.3 Å². The van der Waals surface area contributed by atoms with Crippen molar-refractivity contribution in [2.75, 3.05) is 19.6 Å². The Labute approximate surface area is 183 Å². The van der Waals surface area contributed by atoms with Gasteiger partial charge in [-0.2, -0.15) is 4.98 Å². The number of pyridine rings is 1. The van der Waals surface area contributed by atoms with Crippen LogP contribution in [0.5, 0.6) is 10.9 Å². The minimum atomic E-state index is 0.202. The van der Waals surface area contributed by atoms with Gasteiger partial charge in [0.05, 0.1) is 11.0 Å². The number of rotatable bonds is 5. The molecule has 3 aromatic heterocycles. The molecule has 0 aliphatic carbocycles. The lowest BCUT2D eigenvalue weighted by atomic mass is 10.1. The highest BCUT2D eigenvalue weighted by Crippen LogP contribution is 2.34. The summed E-state index contributed by atoms with van der Waals surface area (Å²) in [6.45, 7) is 4.51. The van der Waals surface area contributed by atoms with Crippen LogP contribution in [-0.4, -0.2) is 57.4 Å². The van der Waals surface area contributed by atoms with Gasteiger partial charge in [-0.15, -0.1) is 0 Å². The van der Waals surface area contributed by atoms with Crippen LogP contribution in [0.3, 0.4) is 0 Å². The highest BCUT2D eigenvalue weighted by molar-refractivity contribution is 7.20. The minimum Gasteiger partial charge on any atom is -0.464 e. The fourth-order valence-electron chi connectivity index (χ4n) is 4.89. The van der Waals surface area contributed by atoms with Crippen LogP contribution in [0.15, 0.2) is 47.2 Å². The van der Waals surface area contributed by atoms with E-state index in [-0.39, 0.29) is 5.91 Å². The molecule has 0 N–H and O–H groups in total. The van der Waals surface area contributed by atoms with Crippen LogP contribution in [0.2, 0.25) is 0 Å². The summed E-state index contributed by atoms with van der Waals surface area (Å²) in [6, 6.07) is 10.7. The number of ether oxygens (including phenoxy) is 1. The van der Waals surface area contributed by atoms with Gasteiger partial charge in [-0.25, -0.2) is 4.98 Å². The molecule has 2 aliphatic rings. The van der Waals surface area contributed by atoms with Crippen molar-refractivity contribution in [2.45, 2.75) is 31.8 Å². The van der Waals surface area contributed by atoms with Crippen molar-refractivity contribution >= 4 is 38.6 Å². The maximum absolute atomic E-state index is 11.7. The maximum atomic E-state index is 11.7. The van der Waals surface area contributed by atoms with Crippen LogP contribution in [-0.2, 0) is 11.2 Å². The zero-order valence-corrected chi connectivity index (χ0v) is 18.0. The third-order valence-corrected chi connectivity index (χ3v) is 7.29. The molecule has 2 saturated heterocycles. The molecule has 4 aromatic rings. The predicted molar refractivity (Wildman–Crippen MR) is 119 cm³/mol. The van der Waals surface area contributed by atoms with Gasteiger partial charge in [0.2, 0.25) is 5.91 Å². The zero-order chi connectivity index (χ0) is 20.9. The number of likely N-dealkylation sites (tertiary alicyclic amines) is 2. The molecule has 2 fully saturated rings. The summed E-state index contributed by atoms with van der Waals surface area (Å²) in [5.74, 6) is 0.904. The van der Waals surface area contributed by atoms with E-state index in [4.69, 9.17) is 9.15 Å². The van der Waals surface area contributed by atoms with Gasteiger partial charge in [0.15, 0.2) is 5.65 Å². The molecule has 0 unspecified atom stereocenters. The Balaban J connectivity index is 1.14. The van der Waals surface area contributed by atoms with Crippen LogP contribution in [0.4, 0.5) is 0 Å². The first-order chi connectivity index (χ1) is 15.1. The number of benzene rings is 1. The lowest BCUT2D eigenvalue weighted by Gasteiger charge is -2.33. The van der Waals surface area contributed by atoms with E-state index in [0.29, 0.717) is 28.7 Å². The molecule has 1 amide bonds. The summed E-state index contributed by atoms with van der Waals surface area (Å²) in [5, 5.41) is 1.69. The summed E-state index contributed by atoms with van der Waals surface area (Å²) < 4.78 is 12.8. The highest BCUT2D eigenvalue weighted by atomic mass is 32.1. The predicted octanol–water partition coefficient (Wildman–Crippen LogP) is 4.08. The Bertz CT molecular complexity index is 1250. The zero-order valence-electron chi connectivity index (χ0n) is 17.2. The molecule has 2 atom stereocenters. The molecule has 158 valence electrons. The number of hydrogen-bond acceptors (Lipinski definition) is 7. The number of furan rings is 1. The first-order valence-corrected chi connectivity index (χ1v) is 11.4. The third-order valence-electron chi connectivity index (χ3n) is 6.40. The van der Waals surface area contributed by atoms with E-state index in [9.17, 15) is 4.79 Å². The van der Waals surface area contributed by atoms with E-state index >= 15 is 0 Å². The Kier molecular flexibility index (Phi) is 4.43. The second-order valence-corrected chi connectivity index (χ2v) is 9.28. The standard InChI is InChI=1S/C23H22N4O3S/c1-14(28)27-12-16-9-17(27)11-26(16)8-6-15-13-29-20-10-18(4-5-19(15)20)30-23-25-22-21(31-23)3-2-7-24-22/h2-5,7,10,13,16-17H,6,8-9,11-12H2,1H3/t16-,17-/m0/s1. The number of amides is 1. The topological polar surface area (TPSA) is 71.7 Å². The minimum absolute atomic E-state index is 0.202. The van der Waals surface area contributed by atoms with Gasteiger partial charge in [-0.05, 0) is 42.7 Å². The van der Waals surface area contributed by atoms with E-state index in [1.807, 2.05) is 35.4 Å². The fraction of sp³-hybridized carbons (Fsp3) is 0.348. The Hall–Kier alpha value is -2.97. The Morgan fingerprint density at radius 3 is 3.03 bits per heavy atom. The van der Waals surface area contributed by atoms with Gasteiger partial charge in [0.1, 0.15) is 11.3 Å². The van der Waals surface area contributed by atoms with Gasteiger partial charge < -0.3 is 14.1 Å². The fourth-order valence-corrected chi connectivity index (χ4v) is 5.68. The summed E-state index contributed by atoms with van der Waals surface area (Å²) in [6.07, 6.45) is 5.62. The van der Waals surface area contributed by atoms with Gasteiger partial charge >= 0.3 is 0 Å². The monoisotopic (exact) mass is 434 g/mol. The number of fused-ring (bicyclic) bond motifs is 4. The highest BCUT2D eigenvalue weighted by Gasteiger charge is 2.43. The van der Waals surface area contributed by atoms with E-state index in [1.165, 1.54) is 16.9 Å². The van der Waals surface area contributed by atoms with Crippen LogP contribution in [0.25, 0.3) is 21.3 Å². The number of carbonyl (C=O) groups is 1. The average Bonchev–Trinajstić information content (AvgIpc) is 3.53. The third kappa shape index (κ3) is 3.36. The molecule has 0 saturated carbocycles. The second kappa shape index (κ2) is 7.32. The van der Waals surface area contributed by atoms with Crippen LogP contribution in [0.1, 0.15) is 18.9 Å². The Morgan fingerprint density at radius 2 is 2.23 bits per heavy atom. The van der Waals surface area contributed by atoms with Crippen molar-refractivity contribution < 1.29 is 13.9 Å². The molecule has 8 heteroatoms. The SMILES string of the molecule is CC(=O)N1C[C@@H]2C[C@H]1CN2CCc1coc2cc(Oc3nc4ncccc4s3)ccc12. The first kappa shape index (κ1) is 18.8. The lowest BCUT2D eigenvalue weighted by Crippen LogP contribution is -2.48. The molecule has 0 spiro atoms. The summed E-state index contributed by atoms with van der Waals surface area (Å²) in [7, 11) is 0. The molecular weight excluding hydrogens is 412 g/mol. The van der Waals surface area contributed by atoms with E-state index in [1.54, 1.807) is 13.1 Å². The summed E-state index contributed by atoms with van der Waals surface area (Å²) >= 11 is 1.48. The number of hydrogen-bond donors (Lipinski definition) is 0. The molecular formula is C23H22N4O3S. The van der Waals surface area contributed by atoms with Crippen molar-refractivity contribution in [1.82, 2.24) is 19.8 Å². The second-order valence-electron chi connectivity index (χ2n) is 8.29. The van der Waals surface area contributed by atoms with Gasteiger partial charge in [-0.1, -0.05) is 11.3 Å². The molecule has 7 nitrogen and oxygen atoms in total. The molecule has 0 radical (unpaired) electrons. The van der Waals surface area contributed by atoms with Gasteiger partial charge in [0.25, 0.3) is 5.19 Å². The van der Waals surface area contributed by atoms with E-state index in [2.05, 4.69) is 20.9 Å². The number of carbonyl (C=O) groups excluding carboxylic acids is 1. The number of piperazine rings is 1. The molecule has 1 aromatic carbocycles. The van der Waals surface area contributed by atoms with E-state index in [0.717, 1.165) is 48.1 Å². The summed E-state index contributed by atoms with van der Waals surface area (Å²) in [5.41, 5.74) is 2.72. The lowest BCUT2D eigenvalue weighted by molar-refractivity contribution is -0.131. The van der Waals surface area contributed by atoms with Crippen molar-refractivity contribution in [1.29, 1.82) is 0 Å². The molecule has 6 rings (SSSR count). The Morgan fingerprint density at radius 1 is 1.29 bits per heavy atom. The number of nitrogens with zero attached hydrogens (tertiary/aromatic N) is 4. The van der Waals surface area contributed by atoms with Crippen molar-refractivity contribution in [3.63, 3.8) is 0 Å². The normalized spacial score (nSPS) is 20.9. The van der Waals surface area contributed by atoms with Crippen LogP contribution < -0.4 is 4.74 Å². The largest absolute Gasteiger partial charge is 0.464 e. The molecule has 5 heterocycles. The van der Waals surface area contributed by atoms with Crippen molar-refractivity contribution in [3.8, 4) is 10.9 Å². The van der Waals surface area contributed by atoms with Crippen LogP contribution in [0, 0.1) is 0 Å². The number of aromatic nitrogens is 2. The molecule has 2 bridgehead atoms. The molecule has 31 heavy (non-hydrogen) atoms. The summed E-state index contributed by atoms with van der Waals surface area (Å²) in [4.78, 5) is 24.9. The quantitative estimate of drug-likeness (QED) is 0.471. The first-order valence-electron chi connectivity index (χ1n) is 10.5. The smallest absolute Gasteiger partial charge is 0.281 e. The average molecular weight is 435 g/mol. The molecule has 2 aliphatic heterocycles. The van der Waals surface area contributed by atoms with Gasteiger partial charge in [0, 0.05) is 56.3 Å². The van der Waals surface area contributed by atoms with Crippen molar-refractivity contribution in [3.05, 3.63) is 48.4 Å². The maximum Gasteiger partial charge on any atom is 0.281 e. The van der Waals surface area contributed by atoms with Crippen molar-refractivity contribution in [2.24, 2.45) is 0 Å². The van der Waals surface area contributed by atoms with Gasteiger partial charge in [-0.3, -0.25) is 9.69 Å². The number of thiazole rings is 1.